The van der Waals surface area contributed by atoms with Gasteiger partial charge in [-0.15, -0.1) is 5.10 Å². The van der Waals surface area contributed by atoms with Gasteiger partial charge >= 0.3 is 0 Å². The van der Waals surface area contributed by atoms with Crippen LogP contribution in [0.5, 0.6) is 0 Å². The molecule has 86 valence electrons. The van der Waals surface area contributed by atoms with Crippen LogP contribution >= 0.6 is 0 Å². The van der Waals surface area contributed by atoms with Gasteiger partial charge in [0.15, 0.2) is 5.78 Å². The van der Waals surface area contributed by atoms with Crippen molar-refractivity contribution in [3.63, 3.8) is 0 Å². The second-order valence-corrected chi connectivity index (χ2v) is 4.56. The Balaban J connectivity index is 2.33. The summed E-state index contributed by atoms with van der Waals surface area (Å²) in [5.41, 5.74) is 5.22. The fraction of sp³-hybridized carbons (Fsp3) is 0.308. The van der Waals surface area contributed by atoms with Gasteiger partial charge in [-0.1, -0.05) is 22.9 Å². The smallest absolute Gasteiger partial charge is 0.158 e. The van der Waals surface area contributed by atoms with Crippen molar-refractivity contribution in [3.05, 3.63) is 35.0 Å². The Labute approximate surface area is 99.3 Å². The van der Waals surface area contributed by atoms with Crippen LogP contribution in [0.1, 0.15) is 16.8 Å². The van der Waals surface area contributed by atoms with Crippen LogP contribution in [0.2, 0.25) is 0 Å². The van der Waals surface area contributed by atoms with Crippen molar-refractivity contribution in [3.8, 4) is 11.3 Å². The van der Waals surface area contributed by atoms with Gasteiger partial charge in [-0.2, -0.15) is 0 Å². The van der Waals surface area contributed by atoms with Crippen molar-refractivity contribution >= 4 is 5.78 Å². The Morgan fingerprint density at radius 3 is 2.94 bits per heavy atom. The summed E-state index contributed by atoms with van der Waals surface area (Å²) in [5.74, 6) is 0.179. The quantitative estimate of drug-likeness (QED) is 0.688. The van der Waals surface area contributed by atoms with E-state index in [0.717, 1.165) is 22.5 Å². The lowest BCUT2D eigenvalue weighted by molar-refractivity contribution is -0.119. The number of hydrogen-bond donors (Lipinski definition) is 0. The fourth-order valence-electron chi connectivity index (χ4n) is 2.34. The Kier molecular flexibility index (Phi) is 2.11. The number of aromatic nitrogens is 3. The number of Topliss-reactive ketones (excluding diaryl/α,β-unsaturated/α-hetero) is 1. The molecule has 0 unspecified atom stereocenters. The Morgan fingerprint density at radius 1 is 1.29 bits per heavy atom. The van der Waals surface area contributed by atoms with E-state index in [1.54, 1.807) is 4.68 Å². The number of carbonyl (C=O) groups excluding carboxylic acids is 1. The molecule has 0 aliphatic carbocycles. The van der Waals surface area contributed by atoms with Crippen molar-refractivity contribution < 1.29 is 4.79 Å². The molecule has 1 aromatic carbocycles. The molecule has 2 aromatic rings. The Morgan fingerprint density at radius 2 is 2.12 bits per heavy atom. The maximum absolute atomic E-state index is 11.8. The standard InChI is InChI=1S/C13H13N3O/c1-8-3-4-10-6-11(17)7-16-13(12(10)5-8)9(2)14-15-16/h3-5H,6-7H2,1-2H3. The second-order valence-electron chi connectivity index (χ2n) is 4.56. The first-order valence-corrected chi connectivity index (χ1v) is 5.67. The van der Waals surface area contributed by atoms with Crippen LogP contribution in [-0.4, -0.2) is 20.8 Å². The minimum absolute atomic E-state index is 0.179. The second kappa shape index (κ2) is 3.52. The lowest BCUT2D eigenvalue weighted by Gasteiger charge is -2.07. The van der Waals surface area contributed by atoms with E-state index in [-0.39, 0.29) is 5.78 Å². The maximum atomic E-state index is 11.8. The highest BCUT2D eigenvalue weighted by Crippen LogP contribution is 2.29. The van der Waals surface area contributed by atoms with E-state index in [2.05, 4.69) is 23.3 Å². The molecule has 0 amide bonds. The van der Waals surface area contributed by atoms with Crippen molar-refractivity contribution in [2.24, 2.45) is 0 Å². The van der Waals surface area contributed by atoms with Gasteiger partial charge in [-0.3, -0.25) is 4.79 Å². The first-order valence-electron chi connectivity index (χ1n) is 5.67. The molecule has 1 aliphatic rings. The SMILES string of the molecule is Cc1ccc2c(c1)-c1c(C)nnn1CC(=O)C2. The highest BCUT2D eigenvalue weighted by atomic mass is 16.1. The third-order valence-electron chi connectivity index (χ3n) is 3.14. The monoisotopic (exact) mass is 227 g/mol. The molecule has 4 nitrogen and oxygen atoms in total. The third kappa shape index (κ3) is 1.56. The summed E-state index contributed by atoms with van der Waals surface area (Å²) in [4.78, 5) is 11.8. The number of fused-ring (bicyclic) bond motifs is 3. The Hall–Kier alpha value is -1.97. The molecular formula is C13H13N3O. The third-order valence-corrected chi connectivity index (χ3v) is 3.14. The van der Waals surface area contributed by atoms with Crippen LogP contribution in [0.15, 0.2) is 18.2 Å². The number of hydrogen-bond acceptors (Lipinski definition) is 3. The van der Waals surface area contributed by atoms with Gasteiger partial charge in [0.2, 0.25) is 0 Å². The lowest BCUT2D eigenvalue weighted by Crippen LogP contribution is -2.11. The topological polar surface area (TPSA) is 47.8 Å². The summed E-state index contributed by atoms with van der Waals surface area (Å²) in [5, 5.41) is 8.10. The van der Waals surface area contributed by atoms with Crippen LogP contribution in [0, 0.1) is 13.8 Å². The van der Waals surface area contributed by atoms with Crippen molar-refractivity contribution in [2.45, 2.75) is 26.8 Å². The predicted octanol–water partition coefficient (Wildman–Crippen LogP) is 1.69. The highest BCUT2D eigenvalue weighted by molar-refractivity contribution is 5.86. The van der Waals surface area contributed by atoms with Crippen molar-refractivity contribution in [1.82, 2.24) is 15.0 Å². The largest absolute Gasteiger partial charge is 0.297 e. The van der Waals surface area contributed by atoms with E-state index in [1.807, 2.05) is 19.1 Å². The molecule has 0 atom stereocenters. The number of carbonyl (C=O) groups is 1. The molecule has 1 aromatic heterocycles. The van der Waals surface area contributed by atoms with Crippen LogP contribution in [0.25, 0.3) is 11.3 Å². The maximum Gasteiger partial charge on any atom is 0.158 e. The zero-order valence-corrected chi connectivity index (χ0v) is 9.90. The van der Waals surface area contributed by atoms with E-state index in [0.29, 0.717) is 13.0 Å². The highest BCUT2D eigenvalue weighted by Gasteiger charge is 2.22. The van der Waals surface area contributed by atoms with Gasteiger partial charge < -0.3 is 0 Å². The summed E-state index contributed by atoms with van der Waals surface area (Å²) in [6, 6.07) is 6.18. The molecule has 0 saturated heterocycles. The predicted molar refractivity (Wildman–Crippen MR) is 63.6 cm³/mol. The van der Waals surface area contributed by atoms with E-state index in [4.69, 9.17) is 0 Å². The molecule has 1 aliphatic heterocycles. The zero-order valence-electron chi connectivity index (χ0n) is 9.90. The van der Waals surface area contributed by atoms with Gasteiger partial charge in [0.1, 0.15) is 6.54 Å². The van der Waals surface area contributed by atoms with Crippen LogP contribution in [0.4, 0.5) is 0 Å². The summed E-state index contributed by atoms with van der Waals surface area (Å²) >= 11 is 0. The zero-order chi connectivity index (χ0) is 12.0. The summed E-state index contributed by atoms with van der Waals surface area (Å²) in [6.45, 7) is 4.31. The number of aryl methyl sites for hydroxylation is 2. The molecule has 2 heterocycles. The van der Waals surface area contributed by atoms with Gasteiger partial charge in [0.25, 0.3) is 0 Å². The van der Waals surface area contributed by atoms with Gasteiger partial charge in [0.05, 0.1) is 11.4 Å². The van der Waals surface area contributed by atoms with E-state index in [9.17, 15) is 4.79 Å². The fourth-order valence-corrected chi connectivity index (χ4v) is 2.34. The number of rotatable bonds is 0. The normalized spacial score (nSPS) is 14.1. The summed E-state index contributed by atoms with van der Waals surface area (Å²) < 4.78 is 1.71. The molecule has 0 saturated carbocycles. The van der Waals surface area contributed by atoms with Crippen molar-refractivity contribution in [2.75, 3.05) is 0 Å². The molecule has 3 rings (SSSR count). The van der Waals surface area contributed by atoms with Crippen LogP contribution in [0.3, 0.4) is 0 Å². The number of nitrogens with zero attached hydrogens (tertiary/aromatic N) is 3. The van der Waals surface area contributed by atoms with E-state index >= 15 is 0 Å². The molecule has 0 radical (unpaired) electrons. The minimum Gasteiger partial charge on any atom is -0.297 e. The van der Waals surface area contributed by atoms with Crippen LogP contribution in [-0.2, 0) is 17.8 Å². The summed E-state index contributed by atoms with van der Waals surface area (Å²) in [6.07, 6.45) is 0.485. The molecule has 0 bridgehead atoms. The van der Waals surface area contributed by atoms with Gasteiger partial charge in [-0.05, 0) is 25.5 Å². The molecule has 0 N–H and O–H groups in total. The average molecular weight is 227 g/mol. The van der Waals surface area contributed by atoms with E-state index < -0.39 is 0 Å². The first-order chi connectivity index (χ1) is 8.15. The summed E-state index contributed by atoms with van der Waals surface area (Å²) in [7, 11) is 0. The van der Waals surface area contributed by atoms with E-state index in [1.165, 1.54) is 5.56 Å². The molecular weight excluding hydrogens is 214 g/mol. The van der Waals surface area contributed by atoms with Crippen molar-refractivity contribution in [1.29, 1.82) is 0 Å². The number of ketones is 1. The molecule has 17 heavy (non-hydrogen) atoms. The molecule has 0 fully saturated rings. The van der Waals surface area contributed by atoms with Gasteiger partial charge in [-0.25, -0.2) is 4.68 Å². The first kappa shape index (κ1) is 10.2. The van der Waals surface area contributed by atoms with Crippen LogP contribution < -0.4 is 0 Å². The average Bonchev–Trinajstić information content (AvgIpc) is 2.56. The Bertz CT molecular complexity index is 613. The van der Waals surface area contributed by atoms with Gasteiger partial charge in [0, 0.05) is 12.0 Å². The minimum atomic E-state index is 0.179. The lowest BCUT2D eigenvalue weighted by atomic mass is 9.98. The molecule has 4 heteroatoms. The molecule has 0 spiro atoms. The number of benzene rings is 1.